The first kappa shape index (κ1) is 16.0. The van der Waals surface area contributed by atoms with E-state index in [4.69, 9.17) is 10.5 Å². The van der Waals surface area contributed by atoms with Gasteiger partial charge in [-0.1, -0.05) is 6.07 Å². The van der Waals surface area contributed by atoms with Crippen LogP contribution in [0.2, 0.25) is 0 Å². The molecule has 0 aliphatic carbocycles. The Bertz CT molecular complexity index is 1150. The number of nitrogens with two attached hydrogens (primary N) is 1. The number of aromatic amines is 1. The topological polar surface area (TPSA) is 80.1 Å². The smallest absolute Gasteiger partial charge is 0.142 e. The molecule has 1 saturated heterocycles. The van der Waals surface area contributed by atoms with Crippen LogP contribution in [0.5, 0.6) is 0 Å². The summed E-state index contributed by atoms with van der Waals surface area (Å²) in [4.78, 5) is 14.6. The number of nitrogens with one attached hydrogen (secondary N) is 1. The van der Waals surface area contributed by atoms with Crippen LogP contribution < -0.4 is 10.6 Å². The van der Waals surface area contributed by atoms with Crippen molar-refractivity contribution in [3.63, 3.8) is 0 Å². The van der Waals surface area contributed by atoms with E-state index in [0.29, 0.717) is 28.0 Å². The number of morpholine rings is 1. The highest BCUT2D eigenvalue weighted by Gasteiger charge is 2.16. The van der Waals surface area contributed by atoms with Crippen molar-refractivity contribution in [2.45, 2.75) is 0 Å². The number of pyridine rings is 1. The van der Waals surface area contributed by atoms with Crippen molar-refractivity contribution < 1.29 is 9.13 Å². The second kappa shape index (κ2) is 6.21. The minimum atomic E-state index is -0.384. The Morgan fingerprint density at radius 2 is 1.96 bits per heavy atom. The number of nitrogens with zero attached hydrogens (tertiary/aromatic N) is 3. The quantitative estimate of drug-likeness (QED) is 0.571. The molecule has 1 aliphatic rings. The zero-order valence-electron chi connectivity index (χ0n) is 14.6. The van der Waals surface area contributed by atoms with Crippen LogP contribution in [-0.2, 0) is 4.74 Å². The van der Waals surface area contributed by atoms with Gasteiger partial charge in [-0.05, 0) is 30.3 Å². The van der Waals surface area contributed by atoms with Crippen LogP contribution in [0, 0.1) is 5.82 Å². The lowest BCUT2D eigenvalue weighted by Gasteiger charge is -2.28. The van der Waals surface area contributed by atoms with Crippen LogP contribution in [-0.4, -0.2) is 41.3 Å². The minimum absolute atomic E-state index is 0.324. The molecule has 0 radical (unpaired) electrons. The number of nitrogen functional groups attached to an aromatic ring is 1. The Hall–Kier alpha value is -3.19. The molecular formula is C20H18FN5O. The monoisotopic (exact) mass is 363 g/mol. The molecule has 0 atom stereocenters. The number of hydrogen-bond acceptors (Lipinski definition) is 5. The Kier molecular flexibility index (Phi) is 3.68. The average Bonchev–Trinajstić information content (AvgIpc) is 3.12. The summed E-state index contributed by atoms with van der Waals surface area (Å²) in [6.45, 7) is 3.20. The summed E-state index contributed by atoms with van der Waals surface area (Å²) in [6, 6.07) is 10.9. The largest absolute Gasteiger partial charge is 0.397 e. The second-order valence-electron chi connectivity index (χ2n) is 6.61. The number of benzene rings is 2. The molecule has 0 bridgehead atoms. The van der Waals surface area contributed by atoms with Gasteiger partial charge in [-0.2, -0.15) is 0 Å². The SMILES string of the molecule is Nc1c(-c2nc3ccc(N4CCOCC4)cc3[nH]2)cnc2cccc(F)c12. The lowest BCUT2D eigenvalue weighted by Crippen LogP contribution is -2.36. The van der Waals surface area contributed by atoms with Crippen LogP contribution >= 0.6 is 0 Å². The lowest BCUT2D eigenvalue weighted by atomic mass is 10.1. The van der Waals surface area contributed by atoms with Gasteiger partial charge in [0.1, 0.15) is 11.6 Å². The molecule has 1 aliphatic heterocycles. The molecule has 136 valence electrons. The summed E-state index contributed by atoms with van der Waals surface area (Å²) in [5.41, 5.74) is 10.6. The maximum atomic E-state index is 14.2. The minimum Gasteiger partial charge on any atom is -0.397 e. The number of fused-ring (bicyclic) bond motifs is 2. The van der Waals surface area contributed by atoms with Gasteiger partial charge in [0.2, 0.25) is 0 Å². The summed E-state index contributed by atoms with van der Waals surface area (Å²) in [7, 11) is 0. The fourth-order valence-electron chi connectivity index (χ4n) is 3.56. The number of ether oxygens (including phenoxy) is 1. The fourth-order valence-corrected chi connectivity index (χ4v) is 3.56. The molecule has 0 amide bonds. The van der Waals surface area contributed by atoms with Crippen LogP contribution in [0.25, 0.3) is 33.3 Å². The molecule has 5 rings (SSSR count). The van der Waals surface area contributed by atoms with Gasteiger partial charge in [0.15, 0.2) is 0 Å². The zero-order valence-corrected chi connectivity index (χ0v) is 14.6. The van der Waals surface area contributed by atoms with Gasteiger partial charge >= 0.3 is 0 Å². The number of hydrogen-bond donors (Lipinski definition) is 2. The van der Waals surface area contributed by atoms with E-state index in [0.717, 1.165) is 43.0 Å². The lowest BCUT2D eigenvalue weighted by molar-refractivity contribution is 0.122. The maximum Gasteiger partial charge on any atom is 0.142 e. The van der Waals surface area contributed by atoms with Crippen LogP contribution in [0.15, 0.2) is 42.6 Å². The van der Waals surface area contributed by atoms with E-state index in [1.807, 2.05) is 6.07 Å². The number of rotatable bonds is 2. The second-order valence-corrected chi connectivity index (χ2v) is 6.61. The highest BCUT2D eigenvalue weighted by atomic mass is 19.1. The number of aromatic nitrogens is 3. The average molecular weight is 363 g/mol. The van der Waals surface area contributed by atoms with Crippen molar-refractivity contribution in [2.75, 3.05) is 36.9 Å². The summed E-state index contributed by atoms with van der Waals surface area (Å²) in [6.07, 6.45) is 1.64. The Balaban J connectivity index is 1.60. The molecule has 27 heavy (non-hydrogen) atoms. The summed E-state index contributed by atoms with van der Waals surface area (Å²) >= 11 is 0. The van der Waals surface area contributed by atoms with Crippen molar-refractivity contribution in [1.29, 1.82) is 0 Å². The predicted molar refractivity (Wildman–Crippen MR) is 104 cm³/mol. The molecule has 6 nitrogen and oxygen atoms in total. The van der Waals surface area contributed by atoms with Gasteiger partial charge in [0, 0.05) is 25.0 Å². The highest BCUT2D eigenvalue weighted by Crippen LogP contribution is 2.32. The Labute approximate surface area is 154 Å². The highest BCUT2D eigenvalue weighted by molar-refractivity contribution is 5.98. The molecule has 1 fully saturated rings. The third-order valence-corrected chi connectivity index (χ3v) is 4.98. The molecule has 2 aromatic heterocycles. The third kappa shape index (κ3) is 2.67. The van der Waals surface area contributed by atoms with Gasteiger partial charge in [0.05, 0.1) is 46.4 Å². The molecule has 3 N–H and O–H groups in total. The molecule has 2 aromatic carbocycles. The molecule has 7 heteroatoms. The zero-order chi connectivity index (χ0) is 18.4. The molecule has 0 spiro atoms. The number of imidazole rings is 1. The fraction of sp³-hybridized carbons (Fsp3) is 0.200. The van der Waals surface area contributed by atoms with E-state index in [1.165, 1.54) is 6.07 Å². The number of H-pyrrole nitrogens is 1. The van der Waals surface area contributed by atoms with E-state index in [2.05, 4.69) is 32.0 Å². The third-order valence-electron chi connectivity index (χ3n) is 4.98. The summed E-state index contributed by atoms with van der Waals surface area (Å²) < 4.78 is 19.7. The normalized spacial score (nSPS) is 14.9. The maximum absolute atomic E-state index is 14.2. The summed E-state index contributed by atoms with van der Waals surface area (Å²) in [5.74, 6) is 0.198. The molecular weight excluding hydrogens is 345 g/mol. The van der Waals surface area contributed by atoms with E-state index < -0.39 is 0 Å². The molecule has 0 unspecified atom stereocenters. The van der Waals surface area contributed by atoms with Crippen molar-refractivity contribution in [3.05, 3.63) is 48.4 Å². The van der Waals surface area contributed by atoms with E-state index in [9.17, 15) is 4.39 Å². The van der Waals surface area contributed by atoms with E-state index >= 15 is 0 Å². The number of halogens is 1. The van der Waals surface area contributed by atoms with Crippen molar-refractivity contribution in [3.8, 4) is 11.4 Å². The van der Waals surface area contributed by atoms with Crippen molar-refractivity contribution in [1.82, 2.24) is 15.0 Å². The van der Waals surface area contributed by atoms with E-state index in [1.54, 1.807) is 18.3 Å². The van der Waals surface area contributed by atoms with Gasteiger partial charge < -0.3 is 20.4 Å². The predicted octanol–water partition coefficient (Wildman–Crippen LogP) is 3.34. The standard InChI is InChI=1S/C20H18FN5O/c21-14-2-1-3-16-18(14)19(22)13(11-23-16)20-24-15-5-4-12(10-17(15)25-20)26-6-8-27-9-7-26/h1-5,10-11H,6-9H2,(H2,22,23)(H,24,25). The first-order chi connectivity index (χ1) is 13.2. The van der Waals surface area contributed by atoms with Crippen LogP contribution in [0.4, 0.5) is 15.8 Å². The summed E-state index contributed by atoms with van der Waals surface area (Å²) in [5, 5.41) is 0.324. The molecule has 0 saturated carbocycles. The van der Waals surface area contributed by atoms with Gasteiger partial charge in [-0.15, -0.1) is 0 Å². The van der Waals surface area contributed by atoms with Crippen LogP contribution in [0.1, 0.15) is 0 Å². The first-order valence-electron chi connectivity index (χ1n) is 8.86. The Morgan fingerprint density at radius 3 is 2.81 bits per heavy atom. The van der Waals surface area contributed by atoms with Gasteiger partial charge in [-0.25, -0.2) is 9.37 Å². The van der Waals surface area contributed by atoms with Gasteiger partial charge in [-0.3, -0.25) is 4.98 Å². The molecule has 3 heterocycles. The Morgan fingerprint density at radius 1 is 1.11 bits per heavy atom. The van der Waals surface area contributed by atoms with Crippen molar-refractivity contribution in [2.24, 2.45) is 0 Å². The van der Waals surface area contributed by atoms with Crippen LogP contribution in [0.3, 0.4) is 0 Å². The van der Waals surface area contributed by atoms with E-state index in [-0.39, 0.29) is 5.82 Å². The number of anilines is 2. The molecule has 4 aromatic rings. The first-order valence-corrected chi connectivity index (χ1v) is 8.86. The van der Waals surface area contributed by atoms with Crippen molar-refractivity contribution >= 4 is 33.3 Å². The van der Waals surface area contributed by atoms with Gasteiger partial charge in [0.25, 0.3) is 0 Å².